The molecular formula is C28H30N6O4S. The Morgan fingerprint density at radius 3 is 2.13 bits per heavy atom. The lowest BCUT2D eigenvalue weighted by molar-refractivity contribution is -0.119. The molecule has 3 aromatic carbocycles. The number of hydrogen-bond acceptors (Lipinski definition) is 6. The molecule has 1 N–H and O–H groups in total. The second kappa shape index (κ2) is 11.4. The van der Waals surface area contributed by atoms with Gasteiger partial charge in [-0.2, -0.15) is 5.10 Å². The Balaban J connectivity index is 1.69. The Kier molecular flexibility index (Phi) is 8.01. The fraction of sp³-hybridized carbons (Fsp3) is 0.179. The highest BCUT2D eigenvalue weighted by Gasteiger charge is 2.33. The van der Waals surface area contributed by atoms with E-state index in [2.05, 4.69) is 10.5 Å². The molecule has 0 aliphatic carbocycles. The molecule has 0 saturated heterocycles. The van der Waals surface area contributed by atoms with Crippen molar-refractivity contribution in [2.75, 3.05) is 29.8 Å². The molecule has 0 fully saturated rings. The summed E-state index contributed by atoms with van der Waals surface area (Å²) in [5, 5.41) is 3.98. The number of hydrogen-bond donors (Lipinski definition) is 1. The molecule has 1 heterocycles. The van der Waals surface area contributed by atoms with Crippen molar-refractivity contribution < 1.29 is 13.2 Å². The molecule has 4 aromatic rings. The number of nitrogens with zero attached hydrogens (tertiary/aromatic N) is 5. The van der Waals surface area contributed by atoms with Gasteiger partial charge in [0, 0.05) is 26.8 Å². The summed E-state index contributed by atoms with van der Waals surface area (Å²) < 4.78 is 31.3. The fourth-order valence-corrected chi connectivity index (χ4v) is 5.54. The summed E-state index contributed by atoms with van der Waals surface area (Å²) in [7, 11) is 1.24. The van der Waals surface area contributed by atoms with E-state index in [0.717, 1.165) is 15.6 Å². The number of hydrazone groups is 1. The second-order valence-electron chi connectivity index (χ2n) is 9.01. The highest BCUT2D eigenvalue weighted by molar-refractivity contribution is 7.92. The summed E-state index contributed by atoms with van der Waals surface area (Å²) in [5.41, 5.74) is 4.39. The molecule has 4 rings (SSSR count). The molecule has 202 valence electrons. The largest absolute Gasteiger partial charge is 0.378 e. The predicted molar refractivity (Wildman–Crippen MR) is 153 cm³/mol. The van der Waals surface area contributed by atoms with Crippen molar-refractivity contribution in [3.05, 3.63) is 107 Å². The average molecular weight is 547 g/mol. The number of nitrogens with one attached hydrogen (secondary N) is 1. The van der Waals surface area contributed by atoms with E-state index in [9.17, 15) is 18.0 Å². The summed E-state index contributed by atoms with van der Waals surface area (Å²) in [6.07, 6.45) is 1.46. The number of carbonyl (C=O) groups excluding carboxylic acids is 1. The first-order valence-electron chi connectivity index (χ1n) is 12.1. The van der Waals surface area contributed by atoms with Gasteiger partial charge in [-0.25, -0.2) is 22.8 Å². The molecule has 0 saturated carbocycles. The molecule has 0 radical (unpaired) electrons. The third kappa shape index (κ3) is 5.78. The Morgan fingerprint density at radius 2 is 1.54 bits per heavy atom. The first-order chi connectivity index (χ1) is 18.6. The molecule has 39 heavy (non-hydrogen) atoms. The van der Waals surface area contributed by atoms with E-state index in [1.54, 1.807) is 61.1 Å². The van der Waals surface area contributed by atoms with Gasteiger partial charge in [0.25, 0.3) is 21.5 Å². The van der Waals surface area contributed by atoms with E-state index in [0.29, 0.717) is 11.4 Å². The van der Waals surface area contributed by atoms with Crippen LogP contribution in [0.15, 0.2) is 99.7 Å². The molecular weight excluding hydrogens is 516 g/mol. The topological polar surface area (TPSA) is 109 Å². The van der Waals surface area contributed by atoms with Crippen LogP contribution in [0.5, 0.6) is 0 Å². The van der Waals surface area contributed by atoms with Crippen LogP contribution < -0.4 is 20.2 Å². The molecule has 10 nitrogen and oxygen atoms in total. The van der Waals surface area contributed by atoms with Gasteiger partial charge in [0.2, 0.25) is 0 Å². The van der Waals surface area contributed by atoms with Crippen LogP contribution in [-0.2, 0) is 21.9 Å². The number of para-hydroxylation sites is 1. The lowest BCUT2D eigenvalue weighted by Crippen LogP contribution is -2.42. The van der Waals surface area contributed by atoms with Crippen molar-refractivity contribution in [3.8, 4) is 5.69 Å². The van der Waals surface area contributed by atoms with E-state index in [1.807, 2.05) is 49.3 Å². The number of anilines is 2. The zero-order valence-corrected chi connectivity index (χ0v) is 23.0. The van der Waals surface area contributed by atoms with Gasteiger partial charge in [0.15, 0.2) is 0 Å². The standard InChI is InChI=1S/C28H30N6O4S/c1-21-27(28(36)34(32(21)4)24-11-7-5-8-12-24)33(39(37,38)25-13-9-6-10-14-25)20-26(35)30-29-19-22-15-17-23(18-16-22)31(2)3/h5-19H,20H2,1-4H3,(H,30,35)/b29-19-. The van der Waals surface area contributed by atoms with Gasteiger partial charge in [-0.15, -0.1) is 0 Å². The monoisotopic (exact) mass is 546 g/mol. The Bertz CT molecular complexity index is 1640. The normalized spacial score (nSPS) is 11.5. The van der Waals surface area contributed by atoms with E-state index < -0.39 is 28.0 Å². The van der Waals surface area contributed by atoms with Gasteiger partial charge in [0.1, 0.15) is 12.2 Å². The number of aromatic nitrogens is 2. The van der Waals surface area contributed by atoms with Gasteiger partial charge in [-0.3, -0.25) is 14.3 Å². The first kappa shape index (κ1) is 27.4. The fourth-order valence-electron chi connectivity index (χ4n) is 4.05. The summed E-state index contributed by atoms with van der Waals surface area (Å²) in [6, 6.07) is 24.1. The van der Waals surface area contributed by atoms with Crippen LogP contribution in [0.2, 0.25) is 0 Å². The van der Waals surface area contributed by atoms with E-state index in [-0.39, 0.29) is 10.6 Å². The van der Waals surface area contributed by atoms with Gasteiger partial charge < -0.3 is 4.90 Å². The van der Waals surface area contributed by atoms with Crippen LogP contribution in [-0.4, -0.2) is 50.5 Å². The van der Waals surface area contributed by atoms with Crippen molar-refractivity contribution in [3.63, 3.8) is 0 Å². The molecule has 1 amide bonds. The summed E-state index contributed by atoms with van der Waals surface area (Å²) >= 11 is 0. The van der Waals surface area contributed by atoms with Crippen LogP contribution in [0, 0.1) is 6.92 Å². The quantitative estimate of drug-likeness (QED) is 0.257. The van der Waals surface area contributed by atoms with Crippen molar-refractivity contribution in [2.45, 2.75) is 11.8 Å². The Hall–Kier alpha value is -4.64. The van der Waals surface area contributed by atoms with Crippen LogP contribution in [0.4, 0.5) is 11.4 Å². The molecule has 0 spiro atoms. The number of amides is 1. The maximum Gasteiger partial charge on any atom is 0.296 e. The zero-order chi connectivity index (χ0) is 28.2. The minimum atomic E-state index is -4.28. The maximum absolute atomic E-state index is 13.8. The van der Waals surface area contributed by atoms with Crippen molar-refractivity contribution in [1.82, 2.24) is 14.8 Å². The maximum atomic E-state index is 13.8. The number of rotatable bonds is 9. The minimum absolute atomic E-state index is 0.0452. The molecule has 0 aliphatic rings. The van der Waals surface area contributed by atoms with E-state index in [4.69, 9.17) is 0 Å². The molecule has 0 unspecified atom stereocenters. The zero-order valence-electron chi connectivity index (χ0n) is 22.1. The molecule has 0 aliphatic heterocycles. The van der Waals surface area contributed by atoms with Gasteiger partial charge in [-0.05, 0) is 48.9 Å². The van der Waals surface area contributed by atoms with E-state index >= 15 is 0 Å². The van der Waals surface area contributed by atoms with Crippen LogP contribution >= 0.6 is 0 Å². The molecule has 0 atom stereocenters. The lowest BCUT2D eigenvalue weighted by atomic mass is 10.2. The number of sulfonamides is 1. The third-order valence-electron chi connectivity index (χ3n) is 6.20. The number of carbonyl (C=O) groups is 1. The van der Waals surface area contributed by atoms with Gasteiger partial charge in [-0.1, -0.05) is 48.5 Å². The van der Waals surface area contributed by atoms with Crippen molar-refractivity contribution >= 4 is 33.5 Å². The average Bonchev–Trinajstić information content (AvgIpc) is 3.15. The predicted octanol–water partition coefficient (Wildman–Crippen LogP) is 2.90. The molecule has 1 aromatic heterocycles. The molecule has 11 heteroatoms. The van der Waals surface area contributed by atoms with Gasteiger partial charge >= 0.3 is 0 Å². The minimum Gasteiger partial charge on any atom is -0.378 e. The summed E-state index contributed by atoms with van der Waals surface area (Å²) in [4.78, 5) is 28.5. The van der Waals surface area contributed by atoms with Crippen LogP contribution in [0.25, 0.3) is 5.69 Å². The smallest absolute Gasteiger partial charge is 0.296 e. The highest BCUT2D eigenvalue weighted by Crippen LogP contribution is 2.25. The first-order valence-corrected chi connectivity index (χ1v) is 13.6. The number of benzene rings is 3. The van der Waals surface area contributed by atoms with Crippen LogP contribution in [0.1, 0.15) is 11.3 Å². The van der Waals surface area contributed by atoms with Crippen molar-refractivity contribution in [2.24, 2.45) is 12.1 Å². The Labute approximate surface area is 227 Å². The van der Waals surface area contributed by atoms with Gasteiger partial charge in [0.05, 0.1) is 22.5 Å². The SMILES string of the molecule is Cc1c(N(CC(=O)N/N=C\c2ccc(N(C)C)cc2)S(=O)(=O)c2ccccc2)c(=O)n(-c2ccccc2)n1C. The second-order valence-corrected chi connectivity index (χ2v) is 10.9. The van der Waals surface area contributed by atoms with E-state index in [1.165, 1.54) is 23.0 Å². The van der Waals surface area contributed by atoms with Crippen molar-refractivity contribution in [1.29, 1.82) is 0 Å². The van der Waals surface area contributed by atoms with Crippen LogP contribution in [0.3, 0.4) is 0 Å². The summed E-state index contributed by atoms with van der Waals surface area (Å²) in [6.45, 7) is 0.986. The highest BCUT2D eigenvalue weighted by atomic mass is 32.2. The molecule has 0 bridgehead atoms. The summed E-state index contributed by atoms with van der Waals surface area (Å²) in [5.74, 6) is -0.704. The lowest BCUT2D eigenvalue weighted by Gasteiger charge is -2.22. The Morgan fingerprint density at radius 1 is 0.949 bits per heavy atom. The third-order valence-corrected chi connectivity index (χ3v) is 7.96.